The minimum Gasteiger partial charge on any atom is -0.454 e. The van der Waals surface area contributed by atoms with Gasteiger partial charge < -0.3 is 20.0 Å². The maximum absolute atomic E-state index is 6.58. The number of pyridine rings is 1. The second-order valence-corrected chi connectivity index (χ2v) is 13.0. The van der Waals surface area contributed by atoms with Gasteiger partial charge in [0, 0.05) is 34.1 Å². The molecule has 7 aromatic carbocycles. The van der Waals surface area contributed by atoms with Crippen molar-refractivity contribution in [2.75, 3.05) is 0 Å². The number of nitrogens with zero attached hydrogens (tertiary/aromatic N) is 3. The number of hydrogen-bond donors (Lipinski definition) is 1. The van der Waals surface area contributed by atoms with E-state index < -0.39 is 0 Å². The number of aromatic nitrogens is 1. The van der Waals surface area contributed by atoms with Gasteiger partial charge in [-0.2, -0.15) is 0 Å². The van der Waals surface area contributed by atoms with Crippen molar-refractivity contribution in [3.63, 3.8) is 0 Å². The van der Waals surface area contributed by atoms with Gasteiger partial charge in [-0.05, 0) is 62.9 Å². The summed E-state index contributed by atoms with van der Waals surface area (Å²) in [6, 6.07) is 58.9. The van der Waals surface area contributed by atoms with Crippen molar-refractivity contribution >= 4 is 49.4 Å². The summed E-state index contributed by atoms with van der Waals surface area (Å²) in [5, 5.41) is 14.3. The van der Waals surface area contributed by atoms with Gasteiger partial charge in [-0.25, -0.2) is 4.98 Å². The first kappa shape index (κ1) is 29.4. The Hall–Kier alpha value is -6.56. The van der Waals surface area contributed by atoms with E-state index in [2.05, 4.69) is 127 Å². The van der Waals surface area contributed by atoms with E-state index in [9.17, 15) is 0 Å². The van der Waals surface area contributed by atoms with Crippen LogP contribution >= 0.6 is 0 Å². The molecule has 242 valence electrons. The zero-order chi connectivity index (χ0) is 33.7. The normalized spacial score (nSPS) is 16.0. The molecule has 0 spiro atoms. The monoisotopic (exact) mass is 655 g/mol. The molecule has 0 fully saturated rings. The van der Waals surface area contributed by atoms with E-state index in [0.717, 1.165) is 77.8 Å². The molecule has 0 amide bonds. The smallest absolute Gasteiger partial charge is 0.162 e. The van der Waals surface area contributed by atoms with Gasteiger partial charge in [0.05, 0.1) is 5.52 Å². The summed E-state index contributed by atoms with van der Waals surface area (Å²) in [7, 11) is 0. The first-order valence-electron chi connectivity index (χ1n) is 17.2. The van der Waals surface area contributed by atoms with Gasteiger partial charge >= 0.3 is 0 Å². The van der Waals surface area contributed by atoms with Crippen molar-refractivity contribution in [3.8, 4) is 22.4 Å². The maximum Gasteiger partial charge on any atom is 0.162 e. The van der Waals surface area contributed by atoms with Crippen LogP contribution in [0.5, 0.6) is 0 Å². The fourth-order valence-electron chi connectivity index (χ4n) is 7.29. The molecule has 51 heavy (non-hydrogen) atoms. The van der Waals surface area contributed by atoms with Gasteiger partial charge in [-0.3, -0.25) is 0 Å². The van der Waals surface area contributed by atoms with Crippen LogP contribution in [0, 0.1) is 0 Å². The fraction of sp³-hybridized carbons (Fsp3) is 0.0435. The summed E-state index contributed by atoms with van der Waals surface area (Å²) < 4.78 is 6.58. The second-order valence-electron chi connectivity index (χ2n) is 13.0. The van der Waals surface area contributed by atoms with Gasteiger partial charge in [0.15, 0.2) is 5.58 Å². The number of hydrogen-bond acceptors (Lipinski definition) is 4. The molecule has 0 aliphatic carbocycles. The number of amidine groups is 1. The highest BCUT2D eigenvalue weighted by Gasteiger charge is 2.20. The molecule has 1 N–H and O–H groups in total. The SMILES string of the molecule is c1ccc(C2N=C(c3ccc(-c4cccc(-c5nc6cc7ccccc7cc6c6c5oc5ccccc56)c4)cc3)[N-]C(c3ccccc3)N2)cc1. The average Bonchev–Trinajstić information content (AvgIpc) is 3.60. The summed E-state index contributed by atoms with van der Waals surface area (Å²) in [6.45, 7) is 0. The van der Waals surface area contributed by atoms with Gasteiger partial charge in [0.1, 0.15) is 11.3 Å². The number of benzene rings is 7. The molecule has 1 aliphatic heterocycles. The Balaban J connectivity index is 1.04. The first-order valence-corrected chi connectivity index (χ1v) is 17.2. The summed E-state index contributed by atoms with van der Waals surface area (Å²) in [6.07, 6.45) is -0.411. The Morgan fingerprint density at radius 2 is 1.20 bits per heavy atom. The summed E-state index contributed by atoms with van der Waals surface area (Å²) >= 11 is 0. The molecule has 0 saturated heterocycles. The molecule has 5 heteroatoms. The lowest BCUT2D eigenvalue weighted by Crippen LogP contribution is -2.31. The Bertz CT molecular complexity index is 2750. The summed E-state index contributed by atoms with van der Waals surface area (Å²) in [5.74, 6) is 0.733. The van der Waals surface area contributed by atoms with Crippen LogP contribution in [0.1, 0.15) is 29.0 Å². The largest absolute Gasteiger partial charge is 0.454 e. The van der Waals surface area contributed by atoms with Crippen LogP contribution in [-0.2, 0) is 0 Å². The number of furan rings is 1. The number of fused-ring (bicyclic) bond motifs is 6. The standard InChI is InChI=1S/C46H31N4O/c1-3-12-30(13-4-1)44-48-45(31-14-5-2-6-15-31)50-46(49-44)32-24-22-29(23-25-32)33-18-11-19-36(26-33)42-43-41(37-20-9-10-21-40(37)51-43)38-27-34-16-7-8-17-35(34)28-39(38)47-42/h1-28,44-45,48H/q-1. The highest BCUT2D eigenvalue weighted by atomic mass is 16.3. The molecule has 2 atom stereocenters. The third kappa shape index (κ3) is 5.23. The zero-order valence-corrected chi connectivity index (χ0v) is 27.6. The van der Waals surface area contributed by atoms with Crippen LogP contribution in [0.15, 0.2) is 179 Å². The molecular weight excluding hydrogens is 625 g/mol. The van der Waals surface area contributed by atoms with E-state index in [1.807, 2.05) is 48.5 Å². The lowest BCUT2D eigenvalue weighted by Gasteiger charge is -2.40. The molecular formula is C46H31N4O-. The minimum absolute atomic E-state index is 0.206. The summed E-state index contributed by atoms with van der Waals surface area (Å²) in [4.78, 5) is 10.3. The van der Waals surface area contributed by atoms with Crippen LogP contribution < -0.4 is 5.32 Å². The molecule has 3 heterocycles. The Kier molecular flexibility index (Phi) is 6.96. The van der Waals surface area contributed by atoms with E-state index in [0.29, 0.717) is 0 Å². The van der Waals surface area contributed by atoms with Crippen molar-refractivity contribution in [3.05, 3.63) is 192 Å². The van der Waals surface area contributed by atoms with Crippen molar-refractivity contribution in [1.82, 2.24) is 10.3 Å². The highest BCUT2D eigenvalue weighted by molar-refractivity contribution is 6.22. The second kappa shape index (κ2) is 12.1. The molecule has 9 aromatic rings. The third-order valence-corrected chi connectivity index (χ3v) is 9.84. The van der Waals surface area contributed by atoms with Gasteiger partial charge in [0.2, 0.25) is 0 Å². The number of aliphatic imine (C=N–C) groups is 1. The van der Waals surface area contributed by atoms with Crippen LogP contribution in [0.2, 0.25) is 0 Å². The van der Waals surface area contributed by atoms with Gasteiger partial charge in [-0.15, -0.1) is 0 Å². The number of rotatable bonds is 5. The lowest BCUT2D eigenvalue weighted by atomic mass is 9.97. The van der Waals surface area contributed by atoms with Crippen molar-refractivity contribution < 1.29 is 4.42 Å². The molecule has 5 nitrogen and oxygen atoms in total. The molecule has 0 saturated carbocycles. The van der Waals surface area contributed by atoms with Crippen LogP contribution in [0.3, 0.4) is 0 Å². The van der Waals surface area contributed by atoms with Crippen LogP contribution in [-0.4, -0.2) is 10.8 Å². The van der Waals surface area contributed by atoms with Crippen molar-refractivity contribution in [1.29, 1.82) is 0 Å². The van der Waals surface area contributed by atoms with Crippen molar-refractivity contribution in [2.24, 2.45) is 4.99 Å². The van der Waals surface area contributed by atoms with Crippen LogP contribution in [0.4, 0.5) is 0 Å². The van der Waals surface area contributed by atoms with E-state index in [1.54, 1.807) is 0 Å². The number of para-hydroxylation sites is 1. The predicted molar refractivity (Wildman–Crippen MR) is 209 cm³/mol. The molecule has 1 aliphatic rings. The van der Waals surface area contributed by atoms with Crippen LogP contribution in [0.25, 0.3) is 71.3 Å². The molecule has 2 aromatic heterocycles. The van der Waals surface area contributed by atoms with Gasteiger partial charge in [0.25, 0.3) is 0 Å². The zero-order valence-electron chi connectivity index (χ0n) is 27.6. The third-order valence-electron chi connectivity index (χ3n) is 9.84. The molecule has 0 radical (unpaired) electrons. The first-order chi connectivity index (χ1) is 25.2. The van der Waals surface area contributed by atoms with Gasteiger partial charge in [-0.1, -0.05) is 151 Å². The lowest BCUT2D eigenvalue weighted by molar-refractivity contribution is 0.488. The molecule has 2 unspecified atom stereocenters. The maximum atomic E-state index is 6.58. The summed E-state index contributed by atoms with van der Waals surface area (Å²) in [5.41, 5.74) is 9.84. The minimum atomic E-state index is -0.206. The number of nitrogens with one attached hydrogen (secondary N) is 1. The van der Waals surface area contributed by atoms with Crippen molar-refractivity contribution in [2.45, 2.75) is 12.3 Å². The van der Waals surface area contributed by atoms with E-state index in [4.69, 9.17) is 19.7 Å². The topological polar surface area (TPSA) is 64.5 Å². The quantitative estimate of drug-likeness (QED) is 0.188. The Morgan fingerprint density at radius 1 is 0.529 bits per heavy atom. The van der Waals surface area contributed by atoms with E-state index in [1.165, 1.54) is 10.8 Å². The highest BCUT2D eigenvalue weighted by Crippen LogP contribution is 2.41. The molecule has 10 rings (SSSR count). The molecule has 0 bridgehead atoms. The predicted octanol–water partition coefficient (Wildman–Crippen LogP) is 11.7. The Morgan fingerprint density at radius 3 is 2.00 bits per heavy atom. The Labute approximate surface area is 294 Å². The average molecular weight is 656 g/mol. The fourth-order valence-corrected chi connectivity index (χ4v) is 7.29. The van der Waals surface area contributed by atoms with E-state index in [-0.39, 0.29) is 12.3 Å². The van der Waals surface area contributed by atoms with E-state index >= 15 is 0 Å².